The molecule has 1 saturated carbocycles. The predicted molar refractivity (Wildman–Crippen MR) is 82.4 cm³/mol. The van der Waals surface area contributed by atoms with Gasteiger partial charge in [-0.3, -0.25) is 4.79 Å². The highest BCUT2D eigenvalue weighted by Crippen LogP contribution is 2.38. The monoisotopic (exact) mass is 305 g/mol. The molecule has 0 saturated heterocycles. The van der Waals surface area contributed by atoms with Gasteiger partial charge in [-0.25, -0.2) is 4.79 Å². The van der Waals surface area contributed by atoms with E-state index in [4.69, 9.17) is 9.84 Å². The van der Waals surface area contributed by atoms with Gasteiger partial charge in [-0.2, -0.15) is 0 Å². The van der Waals surface area contributed by atoms with Crippen LogP contribution in [0.3, 0.4) is 0 Å². The van der Waals surface area contributed by atoms with Crippen LogP contribution >= 0.6 is 0 Å². The Morgan fingerprint density at radius 3 is 2.68 bits per heavy atom. The lowest BCUT2D eigenvalue weighted by Crippen LogP contribution is -2.48. The quantitative estimate of drug-likeness (QED) is 0.845. The molecule has 1 fully saturated rings. The number of carbonyl (C=O) groups is 2. The molecule has 2 rings (SSSR count). The maximum Gasteiger partial charge on any atom is 0.407 e. The second kappa shape index (κ2) is 7.29. The summed E-state index contributed by atoms with van der Waals surface area (Å²) in [5.74, 6) is -0.422. The normalized spacial score (nSPS) is 24.0. The second-order valence-corrected chi connectivity index (χ2v) is 6.05. The first kappa shape index (κ1) is 16.3. The summed E-state index contributed by atoms with van der Waals surface area (Å²) < 4.78 is 5.22. The van der Waals surface area contributed by atoms with Crippen molar-refractivity contribution >= 4 is 12.1 Å². The highest BCUT2D eigenvalue weighted by molar-refractivity contribution is 5.72. The molecular formula is C17H23NO4. The van der Waals surface area contributed by atoms with Crippen molar-refractivity contribution in [2.75, 3.05) is 0 Å². The molecule has 1 amide bonds. The molecule has 0 heterocycles. The van der Waals surface area contributed by atoms with E-state index in [1.54, 1.807) is 0 Å². The molecule has 2 N–H and O–H groups in total. The topological polar surface area (TPSA) is 75.6 Å². The Bertz CT molecular complexity index is 517. The van der Waals surface area contributed by atoms with Gasteiger partial charge in [0.1, 0.15) is 6.61 Å². The average Bonchev–Trinajstić information content (AvgIpc) is 2.88. The fraction of sp³-hybridized carbons (Fsp3) is 0.529. The molecule has 5 nitrogen and oxygen atoms in total. The van der Waals surface area contributed by atoms with Crippen LogP contribution in [0.15, 0.2) is 30.3 Å². The molecule has 1 aliphatic carbocycles. The van der Waals surface area contributed by atoms with Crippen LogP contribution in [-0.4, -0.2) is 22.7 Å². The summed E-state index contributed by atoms with van der Waals surface area (Å²) >= 11 is 0. The van der Waals surface area contributed by atoms with E-state index < -0.39 is 17.6 Å². The van der Waals surface area contributed by atoms with Crippen molar-refractivity contribution in [1.82, 2.24) is 5.32 Å². The van der Waals surface area contributed by atoms with Crippen molar-refractivity contribution in [3.8, 4) is 0 Å². The first-order chi connectivity index (χ1) is 10.5. The summed E-state index contributed by atoms with van der Waals surface area (Å²) in [4.78, 5) is 23.2. The molecule has 120 valence electrons. The van der Waals surface area contributed by atoms with Gasteiger partial charge in [0, 0.05) is 0 Å². The number of carbonyl (C=O) groups excluding carboxylic acids is 1. The summed E-state index contributed by atoms with van der Waals surface area (Å²) in [6, 6.07) is 9.41. The molecular weight excluding hydrogens is 282 g/mol. The smallest absolute Gasteiger partial charge is 0.407 e. The van der Waals surface area contributed by atoms with Gasteiger partial charge < -0.3 is 15.2 Å². The largest absolute Gasteiger partial charge is 0.481 e. The number of carboxylic acid groups (broad SMARTS) is 1. The van der Waals surface area contributed by atoms with Gasteiger partial charge in [0.2, 0.25) is 0 Å². The van der Waals surface area contributed by atoms with Crippen molar-refractivity contribution in [2.24, 2.45) is 5.92 Å². The van der Waals surface area contributed by atoms with E-state index >= 15 is 0 Å². The number of amides is 1. The standard InChI is InChI=1S/C17H23NO4/c1-2-13-8-9-17(10-13,11-15(19)20)18-16(21)22-12-14-6-4-3-5-7-14/h3-7,13H,2,8-12H2,1H3,(H,18,21)(H,19,20). The van der Waals surface area contributed by atoms with Crippen LogP contribution in [0.1, 0.15) is 44.6 Å². The molecule has 0 bridgehead atoms. The Kier molecular flexibility index (Phi) is 5.41. The van der Waals surface area contributed by atoms with Gasteiger partial charge in [0.15, 0.2) is 0 Å². The molecule has 0 spiro atoms. The molecule has 1 aromatic carbocycles. The van der Waals surface area contributed by atoms with Crippen LogP contribution in [0.4, 0.5) is 4.79 Å². The molecule has 0 aliphatic heterocycles. The summed E-state index contributed by atoms with van der Waals surface area (Å²) in [6.07, 6.45) is 2.75. The number of hydrogen-bond acceptors (Lipinski definition) is 3. The third-order valence-corrected chi connectivity index (χ3v) is 4.36. The van der Waals surface area contributed by atoms with Crippen LogP contribution < -0.4 is 5.32 Å². The van der Waals surface area contributed by atoms with Crippen molar-refractivity contribution < 1.29 is 19.4 Å². The molecule has 2 atom stereocenters. The van der Waals surface area contributed by atoms with Gasteiger partial charge in [-0.1, -0.05) is 43.7 Å². The number of hydrogen-bond donors (Lipinski definition) is 2. The van der Waals surface area contributed by atoms with Crippen LogP contribution in [0.25, 0.3) is 0 Å². The zero-order valence-electron chi connectivity index (χ0n) is 12.9. The number of carboxylic acids is 1. The molecule has 1 aliphatic rings. The fourth-order valence-corrected chi connectivity index (χ4v) is 3.17. The Balaban J connectivity index is 1.92. The Hall–Kier alpha value is -2.04. The number of alkyl carbamates (subject to hydrolysis) is 1. The van der Waals surface area contributed by atoms with Crippen molar-refractivity contribution in [2.45, 2.75) is 51.2 Å². The first-order valence-corrected chi connectivity index (χ1v) is 7.73. The maximum absolute atomic E-state index is 12.0. The highest BCUT2D eigenvalue weighted by Gasteiger charge is 2.41. The highest BCUT2D eigenvalue weighted by atomic mass is 16.5. The third-order valence-electron chi connectivity index (χ3n) is 4.36. The number of nitrogens with one attached hydrogen (secondary N) is 1. The molecule has 22 heavy (non-hydrogen) atoms. The number of benzene rings is 1. The van der Waals surface area contributed by atoms with Crippen LogP contribution in [-0.2, 0) is 16.1 Å². The molecule has 0 radical (unpaired) electrons. The van der Waals surface area contributed by atoms with Gasteiger partial charge in [0.25, 0.3) is 0 Å². The minimum atomic E-state index is -0.889. The van der Waals surface area contributed by atoms with E-state index in [-0.39, 0.29) is 13.0 Å². The number of ether oxygens (including phenoxy) is 1. The average molecular weight is 305 g/mol. The van der Waals surface area contributed by atoms with Gasteiger partial charge in [0.05, 0.1) is 12.0 Å². The summed E-state index contributed by atoms with van der Waals surface area (Å²) in [6.45, 7) is 2.28. The van der Waals surface area contributed by atoms with E-state index in [1.165, 1.54) is 0 Å². The molecule has 0 aromatic heterocycles. The Morgan fingerprint density at radius 1 is 1.36 bits per heavy atom. The summed E-state index contributed by atoms with van der Waals surface area (Å²) in [7, 11) is 0. The fourth-order valence-electron chi connectivity index (χ4n) is 3.17. The molecule has 1 aromatic rings. The lowest BCUT2D eigenvalue weighted by atomic mass is 9.91. The molecule has 5 heteroatoms. The zero-order valence-corrected chi connectivity index (χ0v) is 12.9. The van der Waals surface area contributed by atoms with Gasteiger partial charge in [-0.15, -0.1) is 0 Å². The van der Waals surface area contributed by atoms with E-state index in [1.807, 2.05) is 30.3 Å². The van der Waals surface area contributed by atoms with E-state index in [0.717, 1.165) is 18.4 Å². The molecule has 2 unspecified atom stereocenters. The van der Waals surface area contributed by atoms with E-state index in [2.05, 4.69) is 12.2 Å². The summed E-state index contributed by atoms with van der Waals surface area (Å²) in [5, 5.41) is 11.9. The Morgan fingerprint density at radius 2 is 2.09 bits per heavy atom. The predicted octanol–water partition coefficient (Wildman–Crippen LogP) is 3.34. The van der Waals surface area contributed by atoms with E-state index in [9.17, 15) is 9.59 Å². The maximum atomic E-state index is 12.0. The number of rotatable bonds is 6. The summed E-state index contributed by atoms with van der Waals surface area (Å²) in [5.41, 5.74) is 0.239. The van der Waals surface area contributed by atoms with Crippen molar-refractivity contribution in [3.63, 3.8) is 0 Å². The number of aliphatic carboxylic acids is 1. The second-order valence-electron chi connectivity index (χ2n) is 6.05. The third kappa shape index (κ3) is 4.48. The SMILES string of the molecule is CCC1CCC(CC(=O)O)(NC(=O)OCc2ccccc2)C1. The van der Waals surface area contributed by atoms with Crippen LogP contribution in [0.5, 0.6) is 0 Å². The Labute approximate surface area is 130 Å². The minimum Gasteiger partial charge on any atom is -0.481 e. The van der Waals surface area contributed by atoms with E-state index in [0.29, 0.717) is 18.8 Å². The minimum absolute atomic E-state index is 0.0516. The lowest BCUT2D eigenvalue weighted by molar-refractivity contribution is -0.138. The van der Waals surface area contributed by atoms with Crippen molar-refractivity contribution in [1.29, 1.82) is 0 Å². The zero-order chi connectivity index (χ0) is 16.0. The lowest BCUT2D eigenvalue weighted by Gasteiger charge is -2.28. The van der Waals surface area contributed by atoms with Gasteiger partial charge in [-0.05, 0) is 30.7 Å². The van der Waals surface area contributed by atoms with Crippen LogP contribution in [0.2, 0.25) is 0 Å². The van der Waals surface area contributed by atoms with Crippen molar-refractivity contribution in [3.05, 3.63) is 35.9 Å². The first-order valence-electron chi connectivity index (χ1n) is 7.73. The van der Waals surface area contributed by atoms with Crippen LogP contribution in [0, 0.1) is 5.92 Å². The van der Waals surface area contributed by atoms with Gasteiger partial charge >= 0.3 is 12.1 Å².